The predicted molar refractivity (Wildman–Crippen MR) is 177 cm³/mol. The van der Waals surface area contributed by atoms with Gasteiger partial charge in [-0.1, -0.05) is 26.7 Å². The molecule has 296 valence electrons. The van der Waals surface area contributed by atoms with Gasteiger partial charge in [-0.3, -0.25) is 15.7 Å². The van der Waals surface area contributed by atoms with Crippen LogP contribution < -0.4 is 5.73 Å². The molecule has 4 fully saturated rings. The van der Waals surface area contributed by atoms with Gasteiger partial charge in [0.25, 0.3) is 5.96 Å². The van der Waals surface area contributed by atoms with Crippen LogP contribution >= 0.6 is 0 Å². The standard InChI is InChI=1S/C32H57N5O13.H2O/c1-3-5-7-35-9-18-16(12-38)23(39)25(41)21(48-18)14-46-13-17-19-11-37(31(35)33)32(34)36(8-6-4-2)10-20-29(27(43)28(44)30(45)50-20)47-15-22(49-19)26(42)24(17)40;/h16-30,33-34,38-45H,3-15H2,1-2H3;1H2/p+1/t16-,17-,18?,19?,20?,21+,22+,23-,24-,25?,26?,27+,28?,29+,30-;/m1./s1. The zero-order valence-electron chi connectivity index (χ0n) is 29.4. The molecule has 0 aliphatic carbocycles. The quantitative estimate of drug-likeness (QED) is 0.109. The van der Waals surface area contributed by atoms with E-state index >= 15 is 0 Å². The summed E-state index contributed by atoms with van der Waals surface area (Å²) in [7, 11) is 0. The van der Waals surface area contributed by atoms with Gasteiger partial charge in [0.1, 0.15) is 55.4 Å². The zero-order valence-corrected chi connectivity index (χ0v) is 29.4. The number of ether oxygens (including phenoxy) is 5. The van der Waals surface area contributed by atoms with E-state index in [1.165, 1.54) is 0 Å². The van der Waals surface area contributed by atoms with Crippen molar-refractivity contribution in [2.24, 2.45) is 17.6 Å². The molecule has 0 spiro atoms. The van der Waals surface area contributed by atoms with Gasteiger partial charge < -0.3 is 74.9 Å². The molecule has 6 unspecified atom stereocenters. The highest BCUT2D eigenvalue weighted by molar-refractivity contribution is 5.94. The first-order valence-electron chi connectivity index (χ1n) is 17.9. The summed E-state index contributed by atoms with van der Waals surface area (Å²) >= 11 is 0. The van der Waals surface area contributed by atoms with Crippen molar-refractivity contribution in [1.82, 2.24) is 9.80 Å². The summed E-state index contributed by atoms with van der Waals surface area (Å²) in [5.74, 6) is -1.68. The molecule has 5 heterocycles. The minimum absolute atomic E-state index is 0. The van der Waals surface area contributed by atoms with Gasteiger partial charge in [0.15, 0.2) is 6.29 Å². The van der Waals surface area contributed by atoms with Crippen molar-refractivity contribution in [3.05, 3.63) is 0 Å². The molecular formula is C32H60N5O14+. The maximum Gasteiger partial charge on any atom is 0.353 e. The summed E-state index contributed by atoms with van der Waals surface area (Å²) in [6.45, 7) is 3.63. The average Bonchev–Trinajstić information content (AvgIpc) is 3.10. The lowest BCUT2D eigenvalue weighted by Crippen LogP contribution is -2.65. The number of guanidine groups is 2. The lowest BCUT2D eigenvalue weighted by Gasteiger charge is -2.46. The van der Waals surface area contributed by atoms with Gasteiger partial charge in [-0.25, -0.2) is 0 Å². The second-order valence-corrected chi connectivity index (χ2v) is 14.2. The molecule has 0 amide bonds. The monoisotopic (exact) mass is 738 g/mol. The smallest absolute Gasteiger partial charge is 0.353 e. The molecule has 4 saturated heterocycles. The molecule has 19 nitrogen and oxygen atoms in total. The minimum atomic E-state index is -1.72. The number of unbranched alkanes of at least 4 members (excludes halogenated alkanes) is 2. The molecule has 5 aliphatic heterocycles. The van der Waals surface area contributed by atoms with E-state index in [4.69, 9.17) is 29.4 Å². The summed E-state index contributed by atoms with van der Waals surface area (Å²) in [6, 6.07) is 0. The Hall–Kier alpha value is -1.82. The first-order chi connectivity index (χ1) is 23.9. The number of nitrogens with one attached hydrogen (secondary N) is 1. The summed E-state index contributed by atoms with van der Waals surface area (Å²) in [6.07, 6.45) is -13.7. The van der Waals surface area contributed by atoms with Crippen molar-refractivity contribution in [3.63, 3.8) is 0 Å². The molecule has 0 radical (unpaired) electrons. The number of aliphatic hydroxyl groups excluding tert-OH is 8. The van der Waals surface area contributed by atoms with Crippen molar-refractivity contribution < 1.29 is 74.6 Å². The van der Waals surface area contributed by atoms with Crippen molar-refractivity contribution in [2.45, 2.75) is 119 Å². The molecule has 0 saturated carbocycles. The van der Waals surface area contributed by atoms with Crippen LogP contribution in [-0.4, -0.2) is 211 Å². The molecule has 13 N–H and O–H groups in total. The second kappa shape index (κ2) is 18.5. The molecule has 5 aliphatic rings. The molecule has 19 heteroatoms. The largest absolute Gasteiger partial charge is 0.412 e. The van der Waals surface area contributed by atoms with Gasteiger partial charge in [0, 0.05) is 24.9 Å². The fourth-order valence-electron chi connectivity index (χ4n) is 7.59. The predicted octanol–water partition coefficient (Wildman–Crippen LogP) is -5.30. The van der Waals surface area contributed by atoms with Gasteiger partial charge in [0.2, 0.25) is 0 Å². The Kier molecular flexibility index (Phi) is 15.2. The van der Waals surface area contributed by atoms with E-state index in [1.54, 1.807) is 14.4 Å². The Bertz CT molecular complexity index is 1160. The maximum atomic E-state index is 11.5. The van der Waals surface area contributed by atoms with E-state index in [0.29, 0.717) is 25.9 Å². The highest BCUT2D eigenvalue weighted by Crippen LogP contribution is 2.33. The second-order valence-electron chi connectivity index (χ2n) is 14.2. The number of aliphatic hydroxyl groups is 8. The van der Waals surface area contributed by atoms with E-state index in [0.717, 1.165) is 12.8 Å². The van der Waals surface area contributed by atoms with Gasteiger partial charge >= 0.3 is 5.96 Å². The van der Waals surface area contributed by atoms with E-state index in [-0.39, 0.29) is 56.9 Å². The van der Waals surface area contributed by atoms with Crippen LogP contribution in [-0.2, 0) is 23.7 Å². The summed E-state index contributed by atoms with van der Waals surface area (Å²) < 4.78 is 32.2. The normalized spacial score (nSPS) is 42.8. The third-order valence-electron chi connectivity index (χ3n) is 10.8. The third kappa shape index (κ3) is 8.94. The van der Waals surface area contributed by atoms with Gasteiger partial charge in [-0.05, 0) is 12.8 Å². The van der Waals surface area contributed by atoms with Crippen LogP contribution in [0, 0.1) is 17.2 Å². The summed E-state index contributed by atoms with van der Waals surface area (Å²) in [5.41, 5.74) is 7.00. The molecule has 0 aromatic carbocycles. The van der Waals surface area contributed by atoms with E-state index in [2.05, 4.69) is 0 Å². The number of rotatable bonds is 7. The Morgan fingerprint density at radius 1 is 0.765 bits per heavy atom. The molecular weight excluding hydrogens is 678 g/mol. The van der Waals surface area contributed by atoms with Gasteiger partial charge in [0.05, 0.1) is 63.9 Å². The fraction of sp³-hybridized carbons (Fsp3) is 0.938. The number of hydrogen-bond acceptors (Lipinski definition) is 15. The highest BCUT2D eigenvalue weighted by atomic mass is 16.7. The van der Waals surface area contributed by atoms with Crippen LogP contribution in [0.5, 0.6) is 0 Å². The van der Waals surface area contributed by atoms with Crippen LogP contribution in [0.15, 0.2) is 0 Å². The number of hydrogen-bond donors (Lipinski definition) is 10. The number of nitrogens with two attached hydrogens (primary N) is 1. The van der Waals surface area contributed by atoms with E-state index < -0.39 is 98.0 Å². The van der Waals surface area contributed by atoms with Crippen LogP contribution in [0.2, 0.25) is 0 Å². The SMILES string of the molecule is CCCCN1CC2O[C@@H](COC[C@@H]3C4CN(C1=N)C(N)=[N+](CCCC)CC1O[C@@H](O)C(O)[C@H](O)[C@H]1OC[C@H](O4)C(O)[C@@H]3O)C(O)[C@H](O)[C@@H]2CO.O. The molecule has 51 heavy (non-hydrogen) atoms. The molecule has 0 aromatic rings. The van der Waals surface area contributed by atoms with Crippen LogP contribution in [0.4, 0.5) is 0 Å². The van der Waals surface area contributed by atoms with Crippen LogP contribution in [0.3, 0.4) is 0 Å². The summed E-state index contributed by atoms with van der Waals surface area (Å²) in [5, 5.41) is 96.6. The van der Waals surface area contributed by atoms with Crippen molar-refractivity contribution in [2.75, 3.05) is 59.2 Å². The molecule has 5 bridgehead atoms. The van der Waals surface area contributed by atoms with Crippen LogP contribution in [0.1, 0.15) is 39.5 Å². The minimum Gasteiger partial charge on any atom is -0.412 e. The Morgan fingerprint density at radius 2 is 1.43 bits per heavy atom. The first kappa shape index (κ1) is 41.9. The van der Waals surface area contributed by atoms with Gasteiger partial charge in [-0.2, -0.15) is 4.90 Å². The topological polar surface area (TPSA) is 299 Å². The first-order valence-corrected chi connectivity index (χ1v) is 17.9. The van der Waals surface area contributed by atoms with Crippen LogP contribution in [0.25, 0.3) is 0 Å². The molecule has 0 aromatic heterocycles. The van der Waals surface area contributed by atoms with E-state index in [9.17, 15) is 46.3 Å². The van der Waals surface area contributed by atoms with Crippen molar-refractivity contribution >= 4 is 11.9 Å². The van der Waals surface area contributed by atoms with Crippen molar-refractivity contribution in [1.29, 1.82) is 5.41 Å². The Labute approximate surface area is 297 Å². The van der Waals surface area contributed by atoms with Gasteiger partial charge in [-0.15, -0.1) is 0 Å². The van der Waals surface area contributed by atoms with Crippen molar-refractivity contribution in [3.8, 4) is 0 Å². The number of fused-ring (bicyclic) bond motifs is 5. The summed E-state index contributed by atoms with van der Waals surface area (Å²) in [4.78, 5) is 3.28. The lowest BCUT2D eigenvalue weighted by molar-refractivity contribution is -0.550. The highest BCUT2D eigenvalue weighted by Gasteiger charge is 2.52. The maximum absolute atomic E-state index is 11.5. The molecule has 5 rings (SSSR count). The Morgan fingerprint density at radius 3 is 2.12 bits per heavy atom. The third-order valence-corrected chi connectivity index (χ3v) is 10.8. The number of nitrogens with zero attached hydrogens (tertiary/aromatic N) is 3. The molecule has 15 atom stereocenters. The van der Waals surface area contributed by atoms with E-state index in [1.807, 2.05) is 13.8 Å². The average molecular weight is 739 g/mol. The lowest BCUT2D eigenvalue weighted by atomic mass is 9.86. The Balaban J connectivity index is 0.00000583. The zero-order chi connectivity index (χ0) is 36.3. The fourth-order valence-corrected chi connectivity index (χ4v) is 7.59.